The van der Waals surface area contributed by atoms with Crippen LogP contribution in [0, 0.1) is 11.3 Å². The highest BCUT2D eigenvalue weighted by atomic mass is 16.2. The molecule has 2 fully saturated rings. The lowest BCUT2D eigenvalue weighted by Crippen LogP contribution is -2.40. The number of rotatable bonds is 0. The fraction of sp³-hybridized carbons (Fsp3) is 0.722. The molecule has 0 spiro atoms. The fourth-order valence-electron chi connectivity index (χ4n) is 3.73. The Hall–Kier alpha value is -1.65. The molecule has 2 N–H and O–H groups in total. The molecule has 3 rings (SSSR count). The molecule has 5 nitrogen and oxygen atoms in total. The van der Waals surface area contributed by atoms with Gasteiger partial charge in [0.25, 0.3) is 0 Å². The number of carbonyl (C=O) groups excluding carboxylic acids is 3. The zero-order valence-electron chi connectivity index (χ0n) is 14.2. The normalized spacial score (nSPS) is 31.3. The van der Waals surface area contributed by atoms with Gasteiger partial charge in [0.15, 0.2) is 5.78 Å². The lowest BCUT2D eigenvalue weighted by Gasteiger charge is -2.42. The van der Waals surface area contributed by atoms with E-state index in [-0.39, 0.29) is 18.4 Å². The molecule has 2 aliphatic carbocycles. The van der Waals surface area contributed by atoms with Crippen molar-refractivity contribution >= 4 is 17.6 Å². The van der Waals surface area contributed by atoms with Gasteiger partial charge in [0.2, 0.25) is 11.8 Å². The molecule has 2 atom stereocenters. The summed E-state index contributed by atoms with van der Waals surface area (Å²) in [7, 11) is 0. The molecule has 128 valence electrons. The van der Waals surface area contributed by atoms with Crippen LogP contribution in [0.1, 0.15) is 58.8 Å². The van der Waals surface area contributed by atoms with Crippen LogP contribution < -0.4 is 10.6 Å². The van der Waals surface area contributed by atoms with Gasteiger partial charge in [-0.1, -0.05) is 25.8 Å². The second-order valence-corrected chi connectivity index (χ2v) is 7.15. The Morgan fingerprint density at radius 3 is 2.61 bits per heavy atom. The third-order valence-corrected chi connectivity index (χ3v) is 5.18. The van der Waals surface area contributed by atoms with E-state index in [1.54, 1.807) is 0 Å². The molecule has 0 aromatic carbocycles. The lowest BCUT2D eigenvalue weighted by molar-refractivity contribution is -0.127. The van der Waals surface area contributed by atoms with Gasteiger partial charge in [-0.15, -0.1) is 0 Å². The maximum Gasteiger partial charge on any atom is 0.239 e. The van der Waals surface area contributed by atoms with E-state index in [0.29, 0.717) is 30.1 Å². The van der Waals surface area contributed by atoms with Crippen LogP contribution >= 0.6 is 0 Å². The predicted molar refractivity (Wildman–Crippen MR) is 88.7 cm³/mol. The van der Waals surface area contributed by atoms with Crippen LogP contribution in [0.5, 0.6) is 0 Å². The molecule has 1 heterocycles. The van der Waals surface area contributed by atoms with E-state index >= 15 is 0 Å². The number of ketones is 1. The molecule has 2 amide bonds. The lowest BCUT2D eigenvalue weighted by atomic mass is 9.62. The molecular formula is C18H28N2O3. The fourth-order valence-corrected chi connectivity index (χ4v) is 3.73. The first-order valence-electron chi connectivity index (χ1n) is 8.69. The van der Waals surface area contributed by atoms with Crippen molar-refractivity contribution in [2.24, 2.45) is 11.3 Å². The average Bonchev–Trinajstić information content (AvgIpc) is 2.50. The van der Waals surface area contributed by atoms with Gasteiger partial charge in [-0.05, 0) is 43.1 Å². The summed E-state index contributed by atoms with van der Waals surface area (Å²) in [5.41, 5.74) is 1.81. The van der Waals surface area contributed by atoms with Crippen molar-refractivity contribution in [3.8, 4) is 0 Å². The van der Waals surface area contributed by atoms with Gasteiger partial charge >= 0.3 is 0 Å². The summed E-state index contributed by atoms with van der Waals surface area (Å²) in [6.07, 6.45) is 8.94. The van der Waals surface area contributed by atoms with Crippen LogP contribution in [0.15, 0.2) is 11.6 Å². The predicted octanol–water partition coefficient (Wildman–Crippen LogP) is 2.11. The number of hydrogen-bond acceptors (Lipinski definition) is 3. The second kappa shape index (κ2) is 7.75. The highest BCUT2D eigenvalue weighted by Gasteiger charge is 2.37. The highest BCUT2D eigenvalue weighted by molar-refractivity contribution is 5.91. The minimum absolute atomic E-state index is 0.0325. The topological polar surface area (TPSA) is 75.3 Å². The Balaban J connectivity index is 0.000000174. The Morgan fingerprint density at radius 2 is 1.83 bits per heavy atom. The highest BCUT2D eigenvalue weighted by Crippen LogP contribution is 2.48. The summed E-state index contributed by atoms with van der Waals surface area (Å²) in [5, 5.41) is 5.13. The molecular weight excluding hydrogens is 292 g/mol. The Labute approximate surface area is 138 Å². The largest absolute Gasteiger partial charge is 0.355 e. The second-order valence-electron chi connectivity index (χ2n) is 7.15. The smallest absolute Gasteiger partial charge is 0.239 e. The first-order chi connectivity index (χ1) is 10.9. The molecule has 0 aromatic heterocycles. The standard InChI is InChI=1S/C12H18O.C6H10N2O2/c1-9-4-3-6-12(2)7-5-10(13)8-11(9)12;9-5-2-1-3-7-6(10)4-8-5/h8-9H,3-7H2,1-2H3;1-4H2,(H,7,10)(H,8,9). The van der Waals surface area contributed by atoms with Crippen molar-refractivity contribution < 1.29 is 14.4 Å². The summed E-state index contributed by atoms with van der Waals surface area (Å²) in [4.78, 5) is 32.7. The van der Waals surface area contributed by atoms with E-state index in [4.69, 9.17) is 0 Å². The Bertz CT molecular complexity index is 494. The summed E-state index contributed by atoms with van der Waals surface area (Å²) in [5.74, 6) is 0.854. The number of amides is 2. The molecule has 1 saturated heterocycles. The van der Waals surface area contributed by atoms with Gasteiger partial charge in [0.1, 0.15) is 0 Å². The van der Waals surface area contributed by atoms with E-state index in [1.165, 1.54) is 24.8 Å². The van der Waals surface area contributed by atoms with Crippen molar-refractivity contribution in [3.05, 3.63) is 11.6 Å². The number of nitrogens with one attached hydrogen (secondary N) is 2. The van der Waals surface area contributed by atoms with Gasteiger partial charge < -0.3 is 10.6 Å². The minimum Gasteiger partial charge on any atom is -0.355 e. The third-order valence-electron chi connectivity index (χ3n) is 5.18. The van der Waals surface area contributed by atoms with E-state index < -0.39 is 0 Å². The summed E-state index contributed by atoms with van der Waals surface area (Å²) >= 11 is 0. The van der Waals surface area contributed by atoms with Crippen LogP contribution in [-0.2, 0) is 14.4 Å². The maximum absolute atomic E-state index is 11.3. The summed E-state index contributed by atoms with van der Waals surface area (Å²) in [6.45, 7) is 5.34. The molecule has 2 unspecified atom stereocenters. The molecule has 0 bridgehead atoms. The van der Waals surface area contributed by atoms with Crippen molar-refractivity contribution in [1.82, 2.24) is 10.6 Å². The zero-order chi connectivity index (χ0) is 16.9. The van der Waals surface area contributed by atoms with E-state index in [0.717, 1.165) is 19.3 Å². The Kier molecular flexibility index (Phi) is 5.97. The van der Waals surface area contributed by atoms with Crippen LogP contribution in [-0.4, -0.2) is 30.7 Å². The molecule has 1 aliphatic heterocycles. The molecule has 3 aliphatic rings. The molecule has 5 heteroatoms. The molecule has 0 aromatic rings. The van der Waals surface area contributed by atoms with Gasteiger partial charge in [-0.2, -0.15) is 0 Å². The van der Waals surface area contributed by atoms with Crippen LogP contribution in [0.2, 0.25) is 0 Å². The average molecular weight is 320 g/mol. The molecule has 1 saturated carbocycles. The van der Waals surface area contributed by atoms with Crippen LogP contribution in [0.3, 0.4) is 0 Å². The number of allylic oxidation sites excluding steroid dienone is 2. The van der Waals surface area contributed by atoms with Gasteiger partial charge in [-0.25, -0.2) is 0 Å². The van der Waals surface area contributed by atoms with Gasteiger partial charge in [0.05, 0.1) is 6.54 Å². The summed E-state index contributed by atoms with van der Waals surface area (Å²) in [6, 6.07) is 0. The third kappa shape index (κ3) is 4.91. The minimum atomic E-state index is -0.104. The number of hydrogen-bond donors (Lipinski definition) is 2. The van der Waals surface area contributed by atoms with Crippen molar-refractivity contribution in [1.29, 1.82) is 0 Å². The Morgan fingerprint density at radius 1 is 1.04 bits per heavy atom. The molecule has 0 radical (unpaired) electrons. The van der Waals surface area contributed by atoms with Gasteiger partial charge in [-0.3, -0.25) is 14.4 Å². The van der Waals surface area contributed by atoms with Crippen LogP contribution in [0.4, 0.5) is 0 Å². The van der Waals surface area contributed by atoms with Crippen molar-refractivity contribution in [3.63, 3.8) is 0 Å². The first-order valence-corrected chi connectivity index (χ1v) is 8.69. The van der Waals surface area contributed by atoms with Crippen LogP contribution in [0.25, 0.3) is 0 Å². The maximum atomic E-state index is 11.3. The van der Waals surface area contributed by atoms with Crippen molar-refractivity contribution in [2.75, 3.05) is 13.1 Å². The van der Waals surface area contributed by atoms with E-state index in [2.05, 4.69) is 24.5 Å². The number of fused-ring (bicyclic) bond motifs is 1. The van der Waals surface area contributed by atoms with Crippen molar-refractivity contribution in [2.45, 2.75) is 58.8 Å². The van der Waals surface area contributed by atoms with E-state index in [1.807, 2.05) is 6.08 Å². The monoisotopic (exact) mass is 320 g/mol. The van der Waals surface area contributed by atoms with E-state index in [9.17, 15) is 14.4 Å². The summed E-state index contributed by atoms with van der Waals surface area (Å²) < 4.78 is 0. The van der Waals surface area contributed by atoms with Gasteiger partial charge in [0, 0.05) is 19.4 Å². The zero-order valence-corrected chi connectivity index (χ0v) is 14.2. The molecule has 23 heavy (non-hydrogen) atoms. The number of carbonyl (C=O) groups is 3. The SMILES string of the molecule is CC1CCCC2(C)CCC(=O)C=C12.O=C1CCCNC(=O)CN1. The quantitative estimate of drug-likeness (QED) is 0.718. The first kappa shape index (κ1) is 17.7.